The lowest BCUT2D eigenvalue weighted by atomic mass is 10.1. The molecule has 4 nitrogen and oxygen atoms in total. The van der Waals surface area contributed by atoms with Gasteiger partial charge in [-0.1, -0.05) is 0 Å². The van der Waals surface area contributed by atoms with Crippen LogP contribution in [0.25, 0.3) is 0 Å². The summed E-state index contributed by atoms with van der Waals surface area (Å²) in [5.41, 5.74) is 0.889. The maximum Gasteiger partial charge on any atom is 0.177 e. The number of aromatic nitrogens is 2. The first-order valence-electron chi connectivity index (χ1n) is 5.30. The van der Waals surface area contributed by atoms with Gasteiger partial charge in [-0.05, 0) is 38.7 Å². The largest absolute Gasteiger partial charge is 0.390 e. The van der Waals surface area contributed by atoms with Gasteiger partial charge in [0.25, 0.3) is 0 Å². The maximum absolute atomic E-state index is 9.23. The summed E-state index contributed by atoms with van der Waals surface area (Å²) in [7, 11) is 2.13. The first-order valence-corrected chi connectivity index (χ1v) is 5.71. The Morgan fingerprint density at radius 2 is 2.47 bits per heavy atom. The monoisotopic (exact) mass is 227 g/mol. The smallest absolute Gasteiger partial charge is 0.177 e. The summed E-state index contributed by atoms with van der Waals surface area (Å²) in [6.45, 7) is 2.22. The Morgan fingerprint density at radius 3 is 3.13 bits per heavy atom. The molecule has 0 bridgehead atoms. The van der Waals surface area contributed by atoms with Crippen molar-refractivity contribution in [1.29, 1.82) is 0 Å². The van der Waals surface area contributed by atoms with E-state index in [2.05, 4.69) is 21.5 Å². The summed E-state index contributed by atoms with van der Waals surface area (Å²) in [6, 6.07) is 0.407. The van der Waals surface area contributed by atoms with Crippen molar-refractivity contribution in [2.24, 2.45) is 0 Å². The van der Waals surface area contributed by atoms with Gasteiger partial charge in [0.05, 0.1) is 12.3 Å². The van der Waals surface area contributed by atoms with E-state index in [4.69, 9.17) is 12.2 Å². The normalized spacial score (nSPS) is 23.2. The second-order valence-corrected chi connectivity index (χ2v) is 4.56. The third-order valence-corrected chi connectivity index (χ3v) is 3.33. The van der Waals surface area contributed by atoms with Crippen molar-refractivity contribution in [2.45, 2.75) is 25.5 Å². The van der Waals surface area contributed by atoms with Crippen LogP contribution in [0.4, 0.5) is 0 Å². The third-order valence-electron chi connectivity index (χ3n) is 3.02. The van der Waals surface area contributed by atoms with Gasteiger partial charge in [0.15, 0.2) is 4.77 Å². The van der Waals surface area contributed by atoms with Crippen LogP contribution in [0.3, 0.4) is 0 Å². The quantitative estimate of drug-likeness (QED) is 0.749. The second-order valence-electron chi connectivity index (χ2n) is 4.17. The minimum Gasteiger partial charge on any atom is -0.390 e. The van der Waals surface area contributed by atoms with E-state index in [9.17, 15) is 5.11 Å². The highest BCUT2D eigenvalue weighted by Crippen LogP contribution is 2.22. The average molecular weight is 227 g/mol. The van der Waals surface area contributed by atoms with Crippen molar-refractivity contribution < 1.29 is 5.11 Å². The molecule has 1 unspecified atom stereocenters. The zero-order chi connectivity index (χ0) is 10.8. The number of rotatable bonds is 2. The van der Waals surface area contributed by atoms with E-state index in [1.165, 1.54) is 6.42 Å². The number of piperidine rings is 1. The summed E-state index contributed by atoms with van der Waals surface area (Å²) in [5.74, 6) is 0. The first kappa shape index (κ1) is 10.9. The van der Waals surface area contributed by atoms with E-state index in [1.54, 1.807) is 6.20 Å². The molecule has 15 heavy (non-hydrogen) atoms. The number of H-pyrrole nitrogens is 1. The molecule has 1 atom stereocenters. The van der Waals surface area contributed by atoms with Gasteiger partial charge >= 0.3 is 0 Å². The number of likely N-dealkylation sites (tertiary alicyclic amines) is 1. The molecule has 84 valence electrons. The van der Waals surface area contributed by atoms with Gasteiger partial charge in [-0.2, -0.15) is 0 Å². The Bertz CT molecular complexity index is 384. The fourth-order valence-electron chi connectivity index (χ4n) is 2.29. The van der Waals surface area contributed by atoms with Crippen molar-refractivity contribution in [2.75, 3.05) is 20.1 Å². The number of aliphatic hydroxyl groups excluding tert-OH is 1. The molecule has 0 saturated carbocycles. The number of nitrogens with one attached hydrogen (secondary N) is 1. The summed E-state index contributed by atoms with van der Waals surface area (Å²) in [6.07, 6.45) is 4.14. The van der Waals surface area contributed by atoms with Crippen LogP contribution in [0.1, 0.15) is 24.6 Å². The number of aliphatic hydroxyl groups is 1. The molecule has 5 heteroatoms. The molecule has 0 spiro atoms. The molecular weight excluding hydrogens is 210 g/mol. The van der Waals surface area contributed by atoms with Crippen LogP contribution in [0.2, 0.25) is 0 Å². The number of hydrogen-bond donors (Lipinski definition) is 2. The number of imidazole rings is 1. The number of nitrogens with zero attached hydrogens (tertiary/aromatic N) is 2. The van der Waals surface area contributed by atoms with Crippen LogP contribution in [-0.4, -0.2) is 39.7 Å². The van der Waals surface area contributed by atoms with Gasteiger partial charge in [0.1, 0.15) is 0 Å². The highest BCUT2D eigenvalue weighted by molar-refractivity contribution is 7.71. The van der Waals surface area contributed by atoms with Crippen LogP contribution in [0.15, 0.2) is 6.20 Å². The second kappa shape index (κ2) is 4.47. The van der Waals surface area contributed by atoms with Crippen molar-refractivity contribution >= 4 is 12.2 Å². The Labute approximate surface area is 94.5 Å². The summed E-state index contributed by atoms with van der Waals surface area (Å²) >= 11 is 5.24. The maximum atomic E-state index is 9.23. The minimum absolute atomic E-state index is 0.0490. The van der Waals surface area contributed by atoms with Crippen LogP contribution in [0, 0.1) is 4.77 Å². The fraction of sp³-hybridized carbons (Fsp3) is 0.700. The SMILES string of the molecule is CN1CCCC(n2c(CO)c[nH]c2=S)C1. The molecule has 1 saturated heterocycles. The van der Waals surface area contributed by atoms with Gasteiger partial charge in [0, 0.05) is 18.8 Å². The fourth-order valence-corrected chi connectivity index (χ4v) is 2.61. The van der Waals surface area contributed by atoms with Crippen LogP contribution < -0.4 is 0 Å². The average Bonchev–Trinajstić information content (AvgIpc) is 2.59. The number of likely N-dealkylation sites (N-methyl/N-ethyl adjacent to an activating group) is 1. The molecule has 0 radical (unpaired) electrons. The lowest BCUT2D eigenvalue weighted by Crippen LogP contribution is -2.34. The van der Waals surface area contributed by atoms with Crippen molar-refractivity contribution in [3.05, 3.63) is 16.7 Å². The molecule has 2 rings (SSSR count). The molecule has 2 heterocycles. The van der Waals surface area contributed by atoms with Crippen LogP contribution in [0.5, 0.6) is 0 Å². The number of aromatic amines is 1. The van der Waals surface area contributed by atoms with Crippen molar-refractivity contribution in [1.82, 2.24) is 14.5 Å². The highest BCUT2D eigenvalue weighted by atomic mass is 32.1. The Morgan fingerprint density at radius 1 is 1.67 bits per heavy atom. The van der Waals surface area contributed by atoms with Crippen LogP contribution >= 0.6 is 12.2 Å². The zero-order valence-corrected chi connectivity index (χ0v) is 9.76. The highest BCUT2D eigenvalue weighted by Gasteiger charge is 2.20. The Hall–Kier alpha value is -0.650. The zero-order valence-electron chi connectivity index (χ0n) is 8.94. The van der Waals surface area contributed by atoms with Gasteiger partial charge in [-0.15, -0.1) is 0 Å². The Balaban J connectivity index is 2.27. The van der Waals surface area contributed by atoms with E-state index in [-0.39, 0.29) is 6.61 Å². The predicted molar refractivity (Wildman–Crippen MR) is 61.3 cm³/mol. The molecule has 1 fully saturated rings. The summed E-state index contributed by atoms with van der Waals surface area (Å²) in [4.78, 5) is 5.31. The standard InChI is InChI=1S/C10H17N3OS/c1-12-4-2-3-8(6-12)13-9(7-14)5-11-10(13)15/h5,8,14H,2-4,6-7H2,1H3,(H,11,15). The molecule has 0 aliphatic carbocycles. The molecule has 1 aliphatic heterocycles. The van der Waals surface area contributed by atoms with Gasteiger partial charge < -0.3 is 19.6 Å². The van der Waals surface area contributed by atoms with E-state index >= 15 is 0 Å². The van der Waals surface area contributed by atoms with Crippen LogP contribution in [-0.2, 0) is 6.61 Å². The topological polar surface area (TPSA) is 44.2 Å². The summed E-state index contributed by atoms with van der Waals surface area (Å²) < 4.78 is 2.78. The molecule has 0 aromatic carbocycles. The van der Waals surface area contributed by atoms with E-state index in [1.807, 2.05) is 0 Å². The van der Waals surface area contributed by atoms with E-state index in [0.29, 0.717) is 6.04 Å². The van der Waals surface area contributed by atoms with Gasteiger partial charge in [-0.3, -0.25) is 0 Å². The van der Waals surface area contributed by atoms with E-state index in [0.717, 1.165) is 30.0 Å². The van der Waals surface area contributed by atoms with E-state index < -0.39 is 0 Å². The summed E-state index contributed by atoms with van der Waals surface area (Å²) in [5, 5.41) is 9.23. The van der Waals surface area contributed by atoms with Gasteiger partial charge in [-0.25, -0.2) is 0 Å². The minimum atomic E-state index is 0.0490. The molecule has 2 N–H and O–H groups in total. The Kier molecular flexibility index (Phi) is 3.23. The number of hydrogen-bond acceptors (Lipinski definition) is 3. The lowest BCUT2D eigenvalue weighted by molar-refractivity contribution is 0.198. The molecular formula is C10H17N3OS. The molecule has 0 amide bonds. The predicted octanol–water partition coefficient (Wildman–Crippen LogP) is 1.30. The third kappa shape index (κ3) is 2.14. The van der Waals surface area contributed by atoms with Gasteiger partial charge in [0.2, 0.25) is 0 Å². The van der Waals surface area contributed by atoms with Crippen molar-refractivity contribution in [3.8, 4) is 0 Å². The first-order chi connectivity index (χ1) is 7.22. The molecule has 1 aliphatic rings. The molecule has 1 aromatic rings. The molecule has 1 aromatic heterocycles. The van der Waals surface area contributed by atoms with Crippen molar-refractivity contribution in [3.63, 3.8) is 0 Å². The lowest BCUT2D eigenvalue weighted by Gasteiger charge is -2.31.